The van der Waals surface area contributed by atoms with Crippen molar-refractivity contribution >= 4 is 50.0 Å². The average Bonchev–Trinajstić information content (AvgIpc) is 3.04. The number of anilines is 2. The molecule has 4 N–H and O–H groups in total. The second kappa shape index (κ2) is 8.97. The lowest BCUT2D eigenvalue weighted by atomic mass is 10.2. The number of nitrogens with one attached hydrogen (secondary N) is 1. The number of aromatic nitrogens is 1. The van der Waals surface area contributed by atoms with Gasteiger partial charge >= 0.3 is 11.9 Å². The predicted octanol–water partition coefficient (Wildman–Crippen LogP) is 4.18. The SMILES string of the molecule is O=C(O)C(=O)O.Oc1ccc(-c2csc(Nc3cccc(Br)c3)n2)cc1. The summed E-state index contributed by atoms with van der Waals surface area (Å²) < 4.78 is 1.03. The second-order valence-electron chi connectivity index (χ2n) is 4.83. The van der Waals surface area contributed by atoms with Gasteiger partial charge in [0.2, 0.25) is 0 Å². The smallest absolute Gasteiger partial charge is 0.414 e. The van der Waals surface area contributed by atoms with E-state index in [1.54, 1.807) is 23.5 Å². The van der Waals surface area contributed by atoms with Crippen LogP contribution in [0, 0.1) is 0 Å². The number of phenols is 1. The molecule has 1 heterocycles. The van der Waals surface area contributed by atoms with Crippen LogP contribution in [0.1, 0.15) is 0 Å². The quantitative estimate of drug-likeness (QED) is 0.454. The number of rotatable bonds is 3. The van der Waals surface area contributed by atoms with E-state index in [4.69, 9.17) is 19.8 Å². The molecule has 0 aliphatic rings. The number of phenolic OH excluding ortho intramolecular Hbond substituents is 1. The highest BCUT2D eigenvalue weighted by Gasteiger charge is 2.05. The van der Waals surface area contributed by atoms with Crippen molar-refractivity contribution in [3.8, 4) is 17.0 Å². The zero-order valence-corrected chi connectivity index (χ0v) is 15.5. The summed E-state index contributed by atoms with van der Waals surface area (Å²) in [5, 5.41) is 30.2. The number of nitrogens with zero attached hydrogens (tertiary/aromatic N) is 1. The van der Waals surface area contributed by atoms with Gasteiger partial charge in [-0.3, -0.25) is 0 Å². The third-order valence-electron chi connectivity index (χ3n) is 2.93. The number of carbonyl (C=O) groups is 2. The van der Waals surface area contributed by atoms with E-state index in [1.165, 1.54) is 0 Å². The lowest BCUT2D eigenvalue weighted by molar-refractivity contribution is -0.159. The first kappa shape index (κ1) is 19.4. The fraction of sp³-hybridized carbons (Fsp3) is 0. The topological polar surface area (TPSA) is 120 Å². The zero-order chi connectivity index (χ0) is 19.1. The Balaban J connectivity index is 0.000000352. The van der Waals surface area contributed by atoms with Crippen molar-refractivity contribution in [1.29, 1.82) is 0 Å². The number of benzene rings is 2. The van der Waals surface area contributed by atoms with Crippen LogP contribution in [0.2, 0.25) is 0 Å². The van der Waals surface area contributed by atoms with Crippen molar-refractivity contribution in [3.05, 3.63) is 58.4 Å². The molecule has 0 saturated heterocycles. The van der Waals surface area contributed by atoms with Crippen LogP contribution in [-0.2, 0) is 9.59 Å². The number of hydrogen-bond donors (Lipinski definition) is 4. The fourth-order valence-electron chi connectivity index (χ4n) is 1.79. The van der Waals surface area contributed by atoms with Crippen molar-refractivity contribution in [1.82, 2.24) is 4.98 Å². The Bertz CT molecular complexity index is 900. The lowest BCUT2D eigenvalue weighted by Crippen LogP contribution is -2.09. The standard InChI is InChI=1S/C15H11BrN2OS.C2H2O4/c16-11-2-1-3-12(8-11)17-15-18-14(9-20-15)10-4-6-13(19)7-5-10;3-1(4)2(5)6/h1-9,19H,(H,17,18);(H,3,4)(H,5,6). The Morgan fingerprint density at radius 1 is 1.04 bits per heavy atom. The van der Waals surface area contributed by atoms with Crippen LogP contribution in [0.5, 0.6) is 5.75 Å². The summed E-state index contributed by atoms with van der Waals surface area (Å²) in [6.07, 6.45) is 0. The Kier molecular flexibility index (Phi) is 6.70. The van der Waals surface area contributed by atoms with E-state index in [9.17, 15) is 5.11 Å². The molecule has 0 spiro atoms. The number of aliphatic carboxylic acids is 2. The van der Waals surface area contributed by atoms with E-state index in [1.807, 2.05) is 41.8 Å². The second-order valence-corrected chi connectivity index (χ2v) is 6.60. The highest BCUT2D eigenvalue weighted by Crippen LogP contribution is 2.28. The molecule has 0 saturated carbocycles. The molecule has 3 rings (SSSR count). The maximum absolute atomic E-state index is 9.30. The number of carboxylic acids is 2. The third kappa shape index (κ3) is 5.87. The van der Waals surface area contributed by atoms with Gasteiger partial charge in [0.05, 0.1) is 5.69 Å². The summed E-state index contributed by atoms with van der Waals surface area (Å²) in [5.74, 6) is -3.39. The van der Waals surface area contributed by atoms with Crippen molar-refractivity contribution < 1.29 is 24.9 Å². The van der Waals surface area contributed by atoms with Crippen LogP contribution >= 0.6 is 27.3 Å². The predicted molar refractivity (Wildman–Crippen MR) is 102 cm³/mol. The summed E-state index contributed by atoms with van der Waals surface area (Å²) in [4.78, 5) is 22.7. The number of thiazole rings is 1. The van der Waals surface area contributed by atoms with Gasteiger partial charge in [0.15, 0.2) is 5.13 Å². The molecule has 0 unspecified atom stereocenters. The number of carboxylic acid groups (broad SMARTS) is 2. The van der Waals surface area contributed by atoms with Crippen LogP contribution in [-0.4, -0.2) is 32.2 Å². The molecule has 7 nitrogen and oxygen atoms in total. The first-order valence-corrected chi connectivity index (χ1v) is 8.76. The van der Waals surface area contributed by atoms with Gasteiger partial charge in [-0.15, -0.1) is 11.3 Å². The highest BCUT2D eigenvalue weighted by molar-refractivity contribution is 9.10. The maximum atomic E-state index is 9.30. The minimum atomic E-state index is -1.82. The maximum Gasteiger partial charge on any atom is 0.414 e. The molecule has 3 aromatic rings. The van der Waals surface area contributed by atoms with Crippen LogP contribution in [0.4, 0.5) is 10.8 Å². The van der Waals surface area contributed by atoms with Gasteiger partial charge in [-0.2, -0.15) is 0 Å². The largest absolute Gasteiger partial charge is 0.508 e. The molecular formula is C17H13BrN2O5S. The summed E-state index contributed by atoms with van der Waals surface area (Å²) in [6.45, 7) is 0. The Labute approximate surface area is 160 Å². The number of halogens is 1. The van der Waals surface area contributed by atoms with E-state index in [-0.39, 0.29) is 5.75 Å². The normalized spacial score (nSPS) is 9.73. The van der Waals surface area contributed by atoms with Gasteiger partial charge < -0.3 is 20.6 Å². The molecule has 2 aromatic carbocycles. The zero-order valence-electron chi connectivity index (χ0n) is 13.1. The van der Waals surface area contributed by atoms with Crippen molar-refractivity contribution in [2.24, 2.45) is 0 Å². The summed E-state index contributed by atoms with van der Waals surface area (Å²) in [6, 6.07) is 15.0. The van der Waals surface area contributed by atoms with Gasteiger partial charge in [0.25, 0.3) is 0 Å². The Morgan fingerprint density at radius 3 is 2.27 bits per heavy atom. The molecule has 0 amide bonds. The molecule has 0 fully saturated rings. The molecule has 0 aliphatic heterocycles. The van der Waals surface area contributed by atoms with E-state index in [2.05, 4.69) is 26.2 Å². The minimum Gasteiger partial charge on any atom is -0.508 e. The van der Waals surface area contributed by atoms with E-state index >= 15 is 0 Å². The first-order chi connectivity index (χ1) is 12.3. The minimum absolute atomic E-state index is 0.261. The van der Waals surface area contributed by atoms with Crippen molar-refractivity contribution in [3.63, 3.8) is 0 Å². The van der Waals surface area contributed by atoms with Gasteiger partial charge in [-0.25, -0.2) is 14.6 Å². The molecule has 0 aliphatic carbocycles. The van der Waals surface area contributed by atoms with E-state index < -0.39 is 11.9 Å². The van der Waals surface area contributed by atoms with E-state index in [0.29, 0.717) is 0 Å². The third-order valence-corrected chi connectivity index (χ3v) is 4.18. The number of aromatic hydroxyl groups is 1. The number of hydrogen-bond acceptors (Lipinski definition) is 6. The molecule has 26 heavy (non-hydrogen) atoms. The van der Waals surface area contributed by atoms with Crippen LogP contribution < -0.4 is 5.32 Å². The average molecular weight is 437 g/mol. The van der Waals surface area contributed by atoms with Gasteiger partial charge in [0, 0.05) is 21.1 Å². The molecule has 0 atom stereocenters. The molecule has 0 radical (unpaired) electrons. The summed E-state index contributed by atoms with van der Waals surface area (Å²) in [7, 11) is 0. The summed E-state index contributed by atoms with van der Waals surface area (Å²) in [5.41, 5.74) is 2.87. The van der Waals surface area contributed by atoms with Crippen molar-refractivity contribution in [2.75, 3.05) is 5.32 Å². The Morgan fingerprint density at radius 2 is 1.69 bits per heavy atom. The van der Waals surface area contributed by atoms with Crippen LogP contribution in [0.15, 0.2) is 58.4 Å². The molecular weight excluding hydrogens is 424 g/mol. The highest BCUT2D eigenvalue weighted by atomic mass is 79.9. The summed E-state index contributed by atoms with van der Waals surface area (Å²) >= 11 is 4.99. The Hall–Kier alpha value is -2.91. The van der Waals surface area contributed by atoms with Crippen molar-refractivity contribution in [2.45, 2.75) is 0 Å². The monoisotopic (exact) mass is 436 g/mol. The van der Waals surface area contributed by atoms with Gasteiger partial charge in [-0.05, 0) is 42.5 Å². The van der Waals surface area contributed by atoms with Crippen LogP contribution in [0.25, 0.3) is 11.3 Å². The van der Waals surface area contributed by atoms with Gasteiger partial charge in [0.1, 0.15) is 5.75 Å². The molecule has 0 bridgehead atoms. The molecule has 134 valence electrons. The van der Waals surface area contributed by atoms with E-state index in [0.717, 1.165) is 26.5 Å². The van der Waals surface area contributed by atoms with Gasteiger partial charge in [-0.1, -0.05) is 22.0 Å². The van der Waals surface area contributed by atoms with Crippen LogP contribution in [0.3, 0.4) is 0 Å². The fourth-order valence-corrected chi connectivity index (χ4v) is 2.92. The molecule has 9 heteroatoms. The molecule has 1 aromatic heterocycles. The lowest BCUT2D eigenvalue weighted by Gasteiger charge is -2.02. The first-order valence-electron chi connectivity index (χ1n) is 7.09.